The number of carbonyl (C=O) groups excluding carboxylic acids is 1. The van der Waals surface area contributed by atoms with Gasteiger partial charge in [-0.25, -0.2) is 16.8 Å². The van der Waals surface area contributed by atoms with Gasteiger partial charge in [-0.15, -0.1) is 0 Å². The summed E-state index contributed by atoms with van der Waals surface area (Å²) in [5.74, 6) is -0.598. The number of carbonyl (C=O) groups is 1. The van der Waals surface area contributed by atoms with Gasteiger partial charge in [0.05, 0.1) is 28.7 Å². The fraction of sp³-hybridized carbons (Fsp3) is 0.143. The van der Waals surface area contributed by atoms with Gasteiger partial charge in [-0.2, -0.15) is 0 Å². The van der Waals surface area contributed by atoms with Crippen LogP contribution >= 0.6 is 11.6 Å². The van der Waals surface area contributed by atoms with Crippen LogP contribution in [0.15, 0.2) is 78.0 Å². The van der Waals surface area contributed by atoms with Crippen molar-refractivity contribution in [1.82, 2.24) is 4.98 Å². The smallest absolute Gasteiger partial charge is 0.261 e. The number of anilines is 3. The van der Waals surface area contributed by atoms with E-state index in [1.54, 1.807) is 12.1 Å². The first kappa shape index (κ1) is 24.5. The molecule has 9 nitrogen and oxygen atoms in total. The highest BCUT2D eigenvalue weighted by Gasteiger charge is 2.29. The fourth-order valence-corrected chi connectivity index (χ4v) is 5.34. The maximum absolute atomic E-state index is 12.8. The van der Waals surface area contributed by atoms with Crippen molar-refractivity contribution in [3.05, 3.63) is 78.1 Å². The molecule has 2 N–H and O–H groups in total. The summed E-state index contributed by atoms with van der Waals surface area (Å²) in [5, 5.41) is 3.04. The zero-order valence-electron chi connectivity index (χ0n) is 17.6. The number of nitrogens with zero attached hydrogens (tertiary/aromatic N) is 2. The Kier molecular flexibility index (Phi) is 7.25. The second-order valence-electron chi connectivity index (χ2n) is 7.07. The van der Waals surface area contributed by atoms with Crippen LogP contribution in [0, 0.1) is 0 Å². The molecule has 174 valence electrons. The monoisotopic (exact) mass is 508 g/mol. The van der Waals surface area contributed by atoms with Crippen molar-refractivity contribution < 1.29 is 21.6 Å². The second kappa shape index (κ2) is 9.77. The molecule has 1 heterocycles. The predicted molar refractivity (Wildman–Crippen MR) is 128 cm³/mol. The summed E-state index contributed by atoms with van der Waals surface area (Å²) in [4.78, 5) is 16.6. The molecule has 1 atom stereocenters. The zero-order chi connectivity index (χ0) is 24.2. The fourth-order valence-electron chi connectivity index (χ4n) is 3.00. The zero-order valence-corrected chi connectivity index (χ0v) is 20.0. The number of pyridine rings is 1. The topological polar surface area (TPSA) is 126 Å². The largest absolute Gasteiger partial charge is 0.324 e. The van der Waals surface area contributed by atoms with Crippen LogP contribution in [-0.2, 0) is 24.8 Å². The first-order valence-corrected chi connectivity index (χ1v) is 13.3. The minimum Gasteiger partial charge on any atom is -0.324 e. The number of hydrogen-bond acceptors (Lipinski definition) is 6. The van der Waals surface area contributed by atoms with E-state index in [-0.39, 0.29) is 10.6 Å². The van der Waals surface area contributed by atoms with Crippen molar-refractivity contribution >= 4 is 54.6 Å². The Labute approximate surface area is 197 Å². The lowest BCUT2D eigenvalue weighted by Gasteiger charge is -2.28. The normalized spacial score (nSPS) is 12.6. The van der Waals surface area contributed by atoms with E-state index in [9.17, 15) is 21.6 Å². The molecular formula is C21H21ClN4O5S2. The van der Waals surface area contributed by atoms with Crippen LogP contribution in [0.1, 0.15) is 6.92 Å². The van der Waals surface area contributed by atoms with E-state index < -0.39 is 32.0 Å². The molecule has 0 radical (unpaired) electrons. The van der Waals surface area contributed by atoms with E-state index in [2.05, 4.69) is 15.0 Å². The second-order valence-corrected chi connectivity index (χ2v) is 11.1. The van der Waals surface area contributed by atoms with Gasteiger partial charge in [0.2, 0.25) is 15.9 Å². The number of aromatic nitrogens is 1. The van der Waals surface area contributed by atoms with Crippen molar-refractivity contribution in [3.8, 4) is 0 Å². The number of halogens is 1. The van der Waals surface area contributed by atoms with Gasteiger partial charge in [0, 0.05) is 16.9 Å². The Morgan fingerprint density at radius 3 is 2.15 bits per heavy atom. The highest BCUT2D eigenvalue weighted by atomic mass is 35.5. The van der Waals surface area contributed by atoms with E-state index in [0.717, 1.165) is 10.6 Å². The lowest BCUT2D eigenvalue weighted by molar-refractivity contribution is -0.116. The molecular weight excluding hydrogens is 488 g/mol. The number of nitrogens with one attached hydrogen (secondary N) is 2. The van der Waals surface area contributed by atoms with Crippen LogP contribution < -0.4 is 14.3 Å². The van der Waals surface area contributed by atoms with Gasteiger partial charge in [-0.3, -0.25) is 18.8 Å². The molecule has 0 aliphatic carbocycles. The summed E-state index contributed by atoms with van der Waals surface area (Å²) in [6, 6.07) is 13.6. The number of sulfonamides is 2. The third kappa shape index (κ3) is 6.21. The molecule has 1 aromatic heterocycles. The van der Waals surface area contributed by atoms with Crippen LogP contribution in [-0.4, -0.2) is 40.0 Å². The first-order valence-electron chi connectivity index (χ1n) is 9.56. The van der Waals surface area contributed by atoms with Gasteiger partial charge in [0.15, 0.2) is 0 Å². The molecule has 0 unspecified atom stereocenters. The van der Waals surface area contributed by atoms with E-state index in [1.165, 1.54) is 67.8 Å². The molecule has 0 spiro atoms. The Hall–Kier alpha value is -3.15. The van der Waals surface area contributed by atoms with E-state index in [1.807, 2.05) is 0 Å². The SMILES string of the molecule is C[C@H](C(=O)Nc1ccc(S(=O)(=O)Nc2cccnc2)cc1)N(c1ccc(Cl)cc1)S(C)(=O)=O. The van der Waals surface area contributed by atoms with Crippen LogP contribution in [0.2, 0.25) is 5.02 Å². The summed E-state index contributed by atoms with van der Waals surface area (Å²) < 4.78 is 53.1. The molecule has 0 aliphatic heterocycles. The van der Waals surface area contributed by atoms with Gasteiger partial charge in [0.1, 0.15) is 6.04 Å². The Bertz CT molecular complexity index is 1330. The van der Waals surface area contributed by atoms with Crippen LogP contribution in [0.3, 0.4) is 0 Å². The average molecular weight is 509 g/mol. The molecule has 0 saturated carbocycles. The van der Waals surface area contributed by atoms with E-state index in [0.29, 0.717) is 16.4 Å². The standard InChI is InChI=1S/C21H21ClN4O5S2/c1-15(26(32(2,28)29)19-9-5-16(22)6-10-19)21(27)24-17-7-11-20(12-8-17)33(30,31)25-18-4-3-13-23-14-18/h3-15,25H,1-2H3,(H,24,27)/t15-/m1/s1. The van der Waals surface area contributed by atoms with Crippen molar-refractivity contribution in [2.45, 2.75) is 17.9 Å². The Balaban J connectivity index is 1.76. The van der Waals surface area contributed by atoms with Crippen molar-refractivity contribution in [1.29, 1.82) is 0 Å². The summed E-state index contributed by atoms with van der Waals surface area (Å²) in [7, 11) is -7.63. The summed E-state index contributed by atoms with van der Waals surface area (Å²) >= 11 is 5.87. The highest BCUT2D eigenvalue weighted by Crippen LogP contribution is 2.24. The van der Waals surface area contributed by atoms with Crippen LogP contribution in [0.4, 0.5) is 17.1 Å². The number of rotatable bonds is 8. The molecule has 0 bridgehead atoms. The van der Waals surface area contributed by atoms with Gasteiger partial charge < -0.3 is 5.32 Å². The van der Waals surface area contributed by atoms with Gasteiger partial charge in [-0.1, -0.05) is 11.6 Å². The molecule has 3 aromatic rings. The molecule has 0 fully saturated rings. The quantitative estimate of drug-likeness (QED) is 0.480. The third-order valence-electron chi connectivity index (χ3n) is 4.52. The summed E-state index contributed by atoms with van der Waals surface area (Å²) in [6.45, 7) is 1.45. The molecule has 3 rings (SSSR count). The molecule has 0 aliphatic rings. The predicted octanol–water partition coefficient (Wildman–Crippen LogP) is 3.33. The van der Waals surface area contributed by atoms with Crippen LogP contribution in [0.25, 0.3) is 0 Å². The minimum absolute atomic E-state index is 0.0173. The Morgan fingerprint density at radius 2 is 1.61 bits per heavy atom. The maximum Gasteiger partial charge on any atom is 0.261 e. The Morgan fingerprint density at radius 1 is 0.970 bits per heavy atom. The summed E-state index contributed by atoms with van der Waals surface area (Å²) in [6.07, 6.45) is 3.90. The van der Waals surface area contributed by atoms with Crippen molar-refractivity contribution in [2.24, 2.45) is 0 Å². The highest BCUT2D eigenvalue weighted by molar-refractivity contribution is 7.92. The van der Waals surface area contributed by atoms with Gasteiger partial charge in [-0.05, 0) is 67.6 Å². The maximum atomic E-state index is 12.8. The summed E-state index contributed by atoms with van der Waals surface area (Å²) in [5.41, 5.74) is 0.899. The molecule has 12 heteroatoms. The molecule has 0 saturated heterocycles. The number of benzene rings is 2. The molecule has 33 heavy (non-hydrogen) atoms. The first-order chi connectivity index (χ1) is 15.5. The van der Waals surface area contributed by atoms with E-state index >= 15 is 0 Å². The number of amides is 1. The van der Waals surface area contributed by atoms with Crippen molar-refractivity contribution in [2.75, 3.05) is 20.6 Å². The number of hydrogen-bond donors (Lipinski definition) is 2. The lowest BCUT2D eigenvalue weighted by atomic mass is 10.2. The van der Waals surface area contributed by atoms with Crippen molar-refractivity contribution in [3.63, 3.8) is 0 Å². The van der Waals surface area contributed by atoms with Crippen LogP contribution in [0.5, 0.6) is 0 Å². The molecule has 1 amide bonds. The van der Waals surface area contributed by atoms with Gasteiger partial charge >= 0.3 is 0 Å². The lowest BCUT2D eigenvalue weighted by Crippen LogP contribution is -2.45. The van der Waals surface area contributed by atoms with Gasteiger partial charge in [0.25, 0.3) is 10.0 Å². The van der Waals surface area contributed by atoms with E-state index in [4.69, 9.17) is 11.6 Å². The minimum atomic E-state index is -3.85. The molecule has 2 aromatic carbocycles. The average Bonchev–Trinajstić information content (AvgIpc) is 2.75. The third-order valence-corrected chi connectivity index (χ3v) is 7.41.